The summed E-state index contributed by atoms with van der Waals surface area (Å²) < 4.78 is 26.4. The molecule has 3 aromatic carbocycles. The highest BCUT2D eigenvalue weighted by atomic mass is 32.1. The molecule has 0 unspecified atom stereocenters. The second-order valence-electron chi connectivity index (χ2n) is 8.26. The predicted molar refractivity (Wildman–Crippen MR) is 140 cm³/mol. The molecule has 6 nitrogen and oxygen atoms in total. The van der Waals surface area contributed by atoms with Crippen LogP contribution >= 0.6 is 11.3 Å². The maximum atomic E-state index is 13.8. The molecule has 0 spiro atoms. The Balaban J connectivity index is 1.80. The molecule has 1 aliphatic rings. The highest BCUT2D eigenvalue weighted by Gasteiger charge is 2.35. The lowest BCUT2D eigenvalue weighted by atomic mass is 9.93. The van der Waals surface area contributed by atoms with E-state index in [0.29, 0.717) is 31.9 Å². The van der Waals surface area contributed by atoms with E-state index in [0.717, 1.165) is 5.56 Å². The van der Waals surface area contributed by atoms with Gasteiger partial charge in [-0.25, -0.2) is 14.2 Å². The van der Waals surface area contributed by atoms with Crippen molar-refractivity contribution in [2.75, 3.05) is 13.7 Å². The maximum absolute atomic E-state index is 13.8. The number of fused-ring (bicyclic) bond motifs is 1. The molecule has 0 fully saturated rings. The molecule has 37 heavy (non-hydrogen) atoms. The zero-order valence-corrected chi connectivity index (χ0v) is 21.0. The van der Waals surface area contributed by atoms with E-state index in [9.17, 15) is 14.0 Å². The number of nitrogens with zero attached hydrogens (tertiary/aromatic N) is 2. The summed E-state index contributed by atoms with van der Waals surface area (Å²) >= 11 is 1.23. The molecule has 0 N–H and O–H groups in total. The Labute approximate surface area is 216 Å². The van der Waals surface area contributed by atoms with Gasteiger partial charge in [0, 0.05) is 5.56 Å². The third-order valence-corrected chi connectivity index (χ3v) is 6.96. The SMILES string of the molecule is CCOC(=O)C1=C(c2ccccc2)N=c2s/c(=C\c3ccc(OC)cc3)c(=O)n2[C@H]1c1ccc(F)cc1. The molecule has 186 valence electrons. The third kappa shape index (κ3) is 4.75. The van der Waals surface area contributed by atoms with E-state index in [1.807, 2.05) is 54.6 Å². The molecule has 0 bridgehead atoms. The van der Waals surface area contributed by atoms with Crippen LogP contribution in [0.1, 0.15) is 29.7 Å². The van der Waals surface area contributed by atoms with Gasteiger partial charge in [0.15, 0.2) is 4.80 Å². The van der Waals surface area contributed by atoms with Gasteiger partial charge >= 0.3 is 5.97 Å². The molecule has 8 heteroatoms. The highest BCUT2D eigenvalue weighted by molar-refractivity contribution is 7.07. The quantitative estimate of drug-likeness (QED) is 0.364. The average molecular weight is 515 g/mol. The minimum absolute atomic E-state index is 0.155. The summed E-state index contributed by atoms with van der Waals surface area (Å²) in [5.41, 5.74) is 2.45. The van der Waals surface area contributed by atoms with Crippen LogP contribution in [0, 0.1) is 5.82 Å². The summed E-state index contributed by atoms with van der Waals surface area (Å²) in [6, 6.07) is 21.6. The Kier molecular flexibility index (Phi) is 6.83. The summed E-state index contributed by atoms with van der Waals surface area (Å²) in [5, 5.41) is 0. The number of rotatable bonds is 6. The van der Waals surface area contributed by atoms with Gasteiger partial charge in [-0.05, 0) is 48.4 Å². The summed E-state index contributed by atoms with van der Waals surface area (Å²) in [6.45, 7) is 1.88. The van der Waals surface area contributed by atoms with Crippen LogP contribution in [0.4, 0.5) is 4.39 Å². The zero-order valence-electron chi connectivity index (χ0n) is 20.2. The fraction of sp³-hybridized carbons (Fsp3) is 0.138. The Hall–Kier alpha value is -4.30. The summed E-state index contributed by atoms with van der Waals surface area (Å²) in [7, 11) is 1.59. The highest BCUT2D eigenvalue weighted by Crippen LogP contribution is 2.35. The Bertz CT molecular complexity index is 1650. The van der Waals surface area contributed by atoms with Gasteiger partial charge in [-0.3, -0.25) is 9.36 Å². The molecule has 2 heterocycles. The second-order valence-corrected chi connectivity index (χ2v) is 9.27. The van der Waals surface area contributed by atoms with Gasteiger partial charge in [0.25, 0.3) is 5.56 Å². The van der Waals surface area contributed by atoms with E-state index >= 15 is 0 Å². The van der Waals surface area contributed by atoms with E-state index in [2.05, 4.69) is 0 Å². The van der Waals surface area contributed by atoms with Crippen molar-refractivity contribution in [1.29, 1.82) is 0 Å². The first-order chi connectivity index (χ1) is 18.0. The number of benzene rings is 3. The lowest BCUT2D eigenvalue weighted by Crippen LogP contribution is -2.40. The number of thiazole rings is 1. The van der Waals surface area contributed by atoms with Crippen LogP contribution in [0.15, 0.2) is 94.2 Å². The van der Waals surface area contributed by atoms with Crippen LogP contribution in [0.2, 0.25) is 0 Å². The molecule has 4 aromatic rings. The van der Waals surface area contributed by atoms with Gasteiger partial charge < -0.3 is 9.47 Å². The molecular formula is C29H23FN2O4S. The number of aromatic nitrogens is 1. The molecular weight excluding hydrogens is 491 g/mol. The predicted octanol–water partition coefficient (Wildman–Crippen LogP) is 4.08. The van der Waals surface area contributed by atoms with Crippen molar-refractivity contribution in [3.8, 4) is 5.75 Å². The Morgan fingerprint density at radius 3 is 2.41 bits per heavy atom. The molecule has 1 aromatic heterocycles. The zero-order chi connectivity index (χ0) is 25.9. The maximum Gasteiger partial charge on any atom is 0.338 e. The van der Waals surface area contributed by atoms with Gasteiger partial charge in [-0.1, -0.05) is 65.9 Å². The molecule has 0 radical (unpaired) electrons. The van der Waals surface area contributed by atoms with Crippen molar-refractivity contribution in [3.05, 3.63) is 127 Å². The van der Waals surface area contributed by atoms with Crippen molar-refractivity contribution in [3.63, 3.8) is 0 Å². The van der Waals surface area contributed by atoms with Crippen LogP contribution in [0.5, 0.6) is 5.75 Å². The number of esters is 1. The summed E-state index contributed by atoms with van der Waals surface area (Å²) in [5.74, 6) is -0.286. The monoisotopic (exact) mass is 514 g/mol. The summed E-state index contributed by atoms with van der Waals surface area (Å²) in [4.78, 5) is 32.4. The molecule has 0 aliphatic carbocycles. The molecule has 1 aliphatic heterocycles. The van der Waals surface area contributed by atoms with Crippen LogP contribution in [0.3, 0.4) is 0 Å². The van der Waals surface area contributed by atoms with Gasteiger partial charge in [-0.2, -0.15) is 0 Å². The minimum atomic E-state index is -0.843. The van der Waals surface area contributed by atoms with E-state index in [4.69, 9.17) is 14.5 Å². The number of hydrogen-bond acceptors (Lipinski definition) is 6. The molecule has 5 rings (SSSR count). The van der Waals surface area contributed by atoms with Gasteiger partial charge in [0.05, 0.1) is 35.6 Å². The topological polar surface area (TPSA) is 69.9 Å². The van der Waals surface area contributed by atoms with Crippen molar-refractivity contribution in [2.24, 2.45) is 4.99 Å². The lowest BCUT2D eigenvalue weighted by Gasteiger charge is -2.25. The van der Waals surface area contributed by atoms with E-state index in [1.54, 1.807) is 32.2 Å². The van der Waals surface area contributed by atoms with Crippen molar-refractivity contribution < 1.29 is 18.7 Å². The fourth-order valence-electron chi connectivity index (χ4n) is 4.25. The van der Waals surface area contributed by atoms with Gasteiger partial charge in [0.1, 0.15) is 11.6 Å². The van der Waals surface area contributed by atoms with Crippen LogP contribution in [0.25, 0.3) is 11.8 Å². The Morgan fingerprint density at radius 2 is 1.76 bits per heavy atom. The number of carbonyl (C=O) groups is 1. The summed E-state index contributed by atoms with van der Waals surface area (Å²) in [6.07, 6.45) is 1.78. The average Bonchev–Trinajstić information content (AvgIpc) is 3.23. The number of hydrogen-bond donors (Lipinski definition) is 0. The molecule has 0 amide bonds. The third-order valence-electron chi connectivity index (χ3n) is 5.97. The minimum Gasteiger partial charge on any atom is -0.497 e. The fourth-order valence-corrected chi connectivity index (χ4v) is 5.25. The largest absolute Gasteiger partial charge is 0.497 e. The Morgan fingerprint density at radius 1 is 1.05 bits per heavy atom. The van der Waals surface area contributed by atoms with Crippen LogP contribution < -0.4 is 19.6 Å². The van der Waals surface area contributed by atoms with Crippen LogP contribution in [-0.4, -0.2) is 24.3 Å². The van der Waals surface area contributed by atoms with Crippen LogP contribution in [-0.2, 0) is 9.53 Å². The second kappa shape index (κ2) is 10.4. The molecule has 1 atom stereocenters. The number of methoxy groups -OCH3 is 1. The number of ether oxygens (including phenoxy) is 2. The van der Waals surface area contributed by atoms with Crippen molar-refractivity contribution in [2.45, 2.75) is 13.0 Å². The number of carbonyl (C=O) groups excluding carboxylic acids is 1. The van der Waals surface area contributed by atoms with E-state index in [-0.39, 0.29) is 17.7 Å². The van der Waals surface area contributed by atoms with Crippen molar-refractivity contribution in [1.82, 2.24) is 4.57 Å². The standard InChI is InChI=1S/C29H23FN2O4S/c1-3-36-28(34)24-25(19-7-5-4-6-8-19)31-29-32(26(24)20-11-13-21(30)14-12-20)27(33)23(37-29)17-18-9-15-22(35-2)16-10-18/h4-17,26H,3H2,1-2H3/b23-17-/t26-/m0/s1. The van der Waals surface area contributed by atoms with Gasteiger partial charge in [-0.15, -0.1) is 0 Å². The lowest BCUT2D eigenvalue weighted by molar-refractivity contribution is -0.138. The van der Waals surface area contributed by atoms with Gasteiger partial charge in [0.2, 0.25) is 0 Å². The first kappa shape index (κ1) is 24.4. The first-order valence-electron chi connectivity index (χ1n) is 11.7. The van der Waals surface area contributed by atoms with Crippen molar-refractivity contribution >= 4 is 29.1 Å². The van der Waals surface area contributed by atoms with E-state index < -0.39 is 17.8 Å². The normalized spacial score (nSPS) is 15.2. The smallest absolute Gasteiger partial charge is 0.338 e. The first-order valence-corrected chi connectivity index (χ1v) is 12.5. The van der Waals surface area contributed by atoms with E-state index in [1.165, 1.54) is 28.0 Å². The number of halogens is 1. The molecule has 0 saturated heterocycles. The molecule has 0 saturated carbocycles.